The van der Waals surface area contributed by atoms with Gasteiger partial charge < -0.3 is 15.4 Å². The second-order valence-corrected chi connectivity index (χ2v) is 6.37. The number of rotatable bonds is 7. The van der Waals surface area contributed by atoms with Gasteiger partial charge >= 0.3 is 0 Å². The number of methoxy groups -OCH3 is 1. The molecule has 154 valence electrons. The van der Waals surface area contributed by atoms with E-state index < -0.39 is 0 Å². The molecule has 2 aromatic carbocycles. The van der Waals surface area contributed by atoms with Gasteiger partial charge in [-0.05, 0) is 43.7 Å². The summed E-state index contributed by atoms with van der Waals surface area (Å²) in [5.41, 5.74) is 3.35. The highest BCUT2D eigenvalue weighted by molar-refractivity contribution is 14.0. The first-order chi connectivity index (χ1) is 13.7. The number of ether oxygens (including phenoxy) is 1. The van der Waals surface area contributed by atoms with Crippen LogP contribution in [0, 0.1) is 6.92 Å². The molecular formula is C21H27IN6O. The van der Waals surface area contributed by atoms with Crippen LogP contribution < -0.4 is 15.4 Å². The number of nitrogens with zero attached hydrogens (tertiary/aromatic N) is 3. The number of hydrogen-bond donors (Lipinski definition) is 3. The molecule has 0 atom stereocenters. The summed E-state index contributed by atoms with van der Waals surface area (Å²) in [5.74, 6) is 2.95. The van der Waals surface area contributed by atoms with Crippen LogP contribution in [0.3, 0.4) is 0 Å². The molecule has 0 saturated carbocycles. The Morgan fingerprint density at radius 1 is 1.14 bits per heavy atom. The van der Waals surface area contributed by atoms with E-state index in [-0.39, 0.29) is 24.0 Å². The van der Waals surface area contributed by atoms with Crippen molar-refractivity contribution in [1.29, 1.82) is 0 Å². The second-order valence-electron chi connectivity index (χ2n) is 6.37. The number of benzene rings is 2. The van der Waals surface area contributed by atoms with Crippen molar-refractivity contribution < 1.29 is 4.74 Å². The number of aromatic amines is 1. The number of aromatic nitrogens is 3. The summed E-state index contributed by atoms with van der Waals surface area (Å²) in [6.07, 6.45) is 0. The average Bonchev–Trinajstić information content (AvgIpc) is 3.19. The fourth-order valence-corrected chi connectivity index (χ4v) is 2.73. The van der Waals surface area contributed by atoms with Gasteiger partial charge in [-0.25, -0.2) is 9.98 Å². The highest BCUT2D eigenvalue weighted by Crippen LogP contribution is 2.18. The summed E-state index contributed by atoms with van der Waals surface area (Å²) < 4.78 is 5.18. The second kappa shape index (κ2) is 11.4. The van der Waals surface area contributed by atoms with Crippen molar-refractivity contribution in [3.05, 3.63) is 65.5 Å². The van der Waals surface area contributed by atoms with Crippen LogP contribution >= 0.6 is 24.0 Å². The third kappa shape index (κ3) is 6.74. The molecule has 0 saturated heterocycles. The molecule has 0 aliphatic carbocycles. The van der Waals surface area contributed by atoms with E-state index in [1.165, 1.54) is 11.1 Å². The van der Waals surface area contributed by atoms with Crippen LogP contribution in [0.25, 0.3) is 11.4 Å². The third-order valence-corrected chi connectivity index (χ3v) is 4.15. The fourth-order valence-electron chi connectivity index (χ4n) is 2.73. The number of aryl methyl sites for hydroxylation is 1. The van der Waals surface area contributed by atoms with Crippen molar-refractivity contribution in [2.24, 2.45) is 4.99 Å². The van der Waals surface area contributed by atoms with E-state index in [4.69, 9.17) is 4.74 Å². The lowest BCUT2D eigenvalue weighted by molar-refractivity contribution is 0.415. The fraction of sp³-hybridized carbons (Fsp3) is 0.286. The summed E-state index contributed by atoms with van der Waals surface area (Å²) in [6, 6.07) is 16.0. The Hall–Kier alpha value is -2.62. The van der Waals surface area contributed by atoms with Crippen molar-refractivity contribution in [2.45, 2.75) is 26.9 Å². The number of halogens is 1. The zero-order valence-electron chi connectivity index (χ0n) is 16.9. The zero-order chi connectivity index (χ0) is 19.8. The first kappa shape index (κ1) is 22.7. The number of H-pyrrole nitrogens is 1. The van der Waals surface area contributed by atoms with E-state index in [1.807, 2.05) is 31.2 Å². The van der Waals surface area contributed by atoms with Crippen LogP contribution in [0.2, 0.25) is 0 Å². The van der Waals surface area contributed by atoms with Gasteiger partial charge in [0.1, 0.15) is 11.6 Å². The highest BCUT2D eigenvalue weighted by Gasteiger charge is 2.07. The molecule has 0 aliphatic rings. The van der Waals surface area contributed by atoms with E-state index in [0.29, 0.717) is 18.9 Å². The minimum atomic E-state index is 0. The Kier molecular flexibility index (Phi) is 8.91. The van der Waals surface area contributed by atoms with Crippen LogP contribution in [0.1, 0.15) is 23.9 Å². The molecule has 0 amide bonds. The molecule has 7 nitrogen and oxygen atoms in total. The number of nitrogens with one attached hydrogen (secondary N) is 3. The molecule has 29 heavy (non-hydrogen) atoms. The van der Waals surface area contributed by atoms with Gasteiger partial charge in [0, 0.05) is 12.1 Å². The molecule has 0 unspecified atom stereocenters. The SMILES string of the molecule is CCNC(=NCc1cccc(C)c1)NCc1nc(-c2ccc(OC)cc2)n[nH]1.I. The smallest absolute Gasteiger partial charge is 0.191 e. The van der Waals surface area contributed by atoms with Gasteiger partial charge in [0.15, 0.2) is 11.8 Å². The van der Waals surface area contributed by atoms with E-state index in [2.05, 4.69) is 62.0 Å². The molecule has 3 N–H and O–H groups in total. The van der Waals surface area contributed by atoms with Crippen molar-refractivity contribution >= 4 is 29.9 Å². The first-order valence-corrected chi connectivity index (χ1v) is 9.31. The Bertz CT molecular complexity index is 923. The van der Waals surface area contributed by atoms with Crippen molar-refractivity contribution in [3.8, 4) is 17.1 Å². The van der Waals surface area contributed by atoms with E-state index in [9.17, 15) is 0 Å². The molecule has 0 aliphatic heterocycles. The number of hydrogen-bond acceptors (Lipinski definition) is 4. The van der Waals surface area contributed by atoms with Crippen LogP contribution in [0.5, 0.6) is 5.75 Å². The normalized spacial score (nSPS) is 10.9. The lowest BCUT2D eigenvalue weighted by atomic mass is 10.1. The predicted molar refractivity (Wildman–Crippen MR) is 127 cm³/mol. The van der Waals surface area contributed by atoms with Gasteiger partial charge in [0.05, 0.1) is 20.2 Å². The molecular weight excluding hydrogens is 479 g/mol. The molecule has 0 bridgehead atoms. The topological polar surface area (TPSA) is 87.2 Å². The Morgan fingerprint density at radius 3 is 2.62 bits per heavy atom. The molecule has 0 spiro atoms. The minimum absolute atomic E-state index is 0. The largest absolute Gasteiger partial charge is 0.497 e. The quantitative estimate of drug-likeness (QED) is 0.259. The van der Waals surface area contributed by atoms with Crippen molar-refractivity contribution in [2.75, 3.05) is 13.7 Å². The van der Waals surface area contributed by atoms with E-state index >= 15 is 0 Å². The molecule has 8 heteroatoms. The summed E-state index contributed by atoms with van der Waals surface area (Å²) in [4.78, 5) is 9.19. The van der Waals surface area contributed by atoms with Gasteiger partial charge in [-0.15, -0.1) is 24.0 Å². The molecule has 1 aromatic heterocycles. The van der Waals surface area contributed by atoms with Crippen molar-refractivity contribution in [1.82, 2.24) is 25.8 Å². The predicted octanol–water partition coefficient (Wildman–Crippen LogP) is 3.66. The molecule has 3 rings (SSSR count). The zero-order valence-corrected chi connectivity index (χ0v) is 19.2. The maximum atomic E-state index is 5.18. The highest BCUT2D eigenvalue weighted by atomic mass is 127. The standard InChI is InChI=1S/C21H26N6O.HI/c1-4-22-21(23-13-16-7-5-6-15(2)12-16)24-14-19-25-20(27-26-19)17-8-10-18(28-3)11-9-17;/h5-12H,4,13-14H2,1-3H3,(H2,22,23,24)(H,25,26,27);1H. The summed E-state index contributed by atoms with van der Waals surface area (Å²) in [7, 11) is 1.65. The lowest BCUT2D eigenvalue weighted by Crippen LogP contribution is -2.37. The minimum Gasteiger partial charge on any atom is -0.497 e. The van der Waals surface area contributed by atoms with Crippen LogP contribution in [-0.2, 0) is 13.1 Å². The van der Waals surface area contributed by atoms with Crippen molar-refractivity contribution in [3.63, 3.8) is 0 Å². The Labute approximate surface area is 188 Å². The average molecular weight is 506 g/mol. The lowest BCUT2D eigenvalue weighted by Gasteiger charge is -2.10. The molecule has 0 radical (unpaired) electrons. The van der Waals surface area contributed by atoms with Gasteiger partial charge in [0.25, 0.3) is 0 Å². The van der Waals surface area contributed by atoms with Gasteiger partial charge in [-0.2, -0.15) is 5.10 Å². The van der Waals surface area contributed by atoms with E-state index in [1.54, 1.807) is 7.11 Å². The van der Waals surface area contributed by atoms with Gasteiger partial charge in [-0.1, -0.05) is 29.8 Å². The van der Waals surface area contributed by atoms with E-state index in [0.717, 1.165) is 29.6 Å². The van der Waals surface area contributed by atoms with Crippen LogP contribution in [0.15, 0.2) is 53.5 Å². The molecule has 1 heterocycles. The summed E-state index contributed by atoms with van der Waals surface area (Å²) in [5, 5.41) is 13.8. The Balaban J connectivity index is 0.00000300. The first-order valence-electron chi connectivity index (χ1n) is 9.31. The van der Waals surface area contributed by atoms with Gasteiger partial charge in [0.2, 0.25) is 0 Å². The van der Waals surface area contributed by atoms with Gasteiger partial charge in [-0.3, -0.25) is 5.10 Å². The van der Waals surface area contributed by atoms with Crippen LogP contribution in [-0.4, -0.2) is 34.8 Å². The third-order valence-electron chi connectivity index (χ3n) is 4.15. The Morgan fingerprint density at radius 2 is 1.93 bits per heavy atom. The maximum Gasteiger partial charge on any atom is 0.191 e. The number of aliphatic imine (C=N–C) groups is 1. The summed E-state index contributed by atoms with van der Waals surface area (Å²) in [6.45, 7) is 6.03. The number of guanidine groups is 1. The molecule has 3 aromatic rings. The monoisotopic (exact) mass is 506 g/mol. The van der Waals surface area contributed by atoms with Crippen LogP contribution in [0.4, 0.5) is 0 Å². The maximum absolute atomic E-state index is 5.18. The summed E-state index contributed by atoms with van der Waals surface area (Å²) >= 11 is 0. The molecule has 0 fully saturated rings.